The van der Waals surface area contributed by atoms with E-state index in [0.717, 1.165) is 56.2 Å². The van der Waals surface area contributed by atoms with Crippen LogP contribution < -0.4 is 0 Å². The molecule has 3 fully saturated rings. The molecule has 1 aliphatic heterocycles. The first kappa shape index (κ1) is 15.1. The van der Waals surface area contributed by atoms with E-state index in [9.17, 15) is 10.1 Å². The lowest BCUT2D eigenvalue weighted by Crippen LogP contribution is -2.51. The molecular weight excluding hydrogens is 290 g/mol. The van der Waals surface area contributed by atoms with E-state index in [-0.39, 0.29) is 10.6 Å². The zero-order valence-corrected chi connectivity index (χ0v) is 13.6. The number of benzene rings is 1. The molecule has 0 amide bonds. The summed E-state index contributed by atoms with van der Waals surface area (Å²) in [5.41, 5.74) is 1.25. The molecule has 1 aromatic rings. The second-order valence-corrected chi connectivity index (χ2v) is 7.48. The van der Waals surface area contributed by atoms with Crippen molar-refractivity contribution in [3.05, 3.63) is 39.9 Å². The zero-order chi connectivity index (χ0) is 15.8. The number of hydrogen-bond acceptors (Lipinski definition) is 4. The van der Waals surface area contributed by atoms with Crippen LogP contribution in [0.5, 0.6) is 0 Å². The molecule has 0 spiro atoms. The van der Waals surface area contributed by atoms with Crippen molar-refractivity contribution in [2.75, 3.05) is 26.2 Å². The summed E-state index contributed by atoms with van der Waals surface area (Å²) in [7, 11) is 0. The molecule has 5 nitrogen and oxygen atoms in total. The molecule has 0 radical (unpaired) electrons. The van der Waals surface area contributed by atoms with Gasteiger partial charge in [0.15, 0.2) is 0 Å². The monoisotopic (exact) mass is 315 g/mol. The van der Waals surface area contributed by atoms with Crippen molar-refractivity contribution in [3.8, 4) is 0 Å². The number of nitro benzene ring substituents is 1. The van der Waals surface area contributed by atoms with E-state index in [1.54, 1.807) is 18.2 Å². The molecule has 5 heteroatoms. The second-order valence-electron chi connectivity index (χ2n) is 7.48. The summed E-state index contributed by atoms with van der Waals surface area (Å²) in [6.45, 7) is 5.30. The molecule has 3 atom stereocenters. The van der Waals surface area contributed by atoms with Crippen LogP contribution in [0.1, 0.15) is 31.2 Å². The summed E-state index contributed by atoms with van der Waals surface area (Å²) in [6.07, 6.45) is 5.81. The third kappa shape index (κ3) is 3.12. The Morgan fingerprint density at radius 2 is 1.96 bits per heavy atom. The first-order valence-corrected chi connectivity index (χ1v) is 8.89. The van der Waals surface area contributed by atoms with Crippen molar-refractivity contribution in [1.82, 2.24) is 9.80 Å². The minimum Gasteiger partial charge on any atom is -0.298 e. The predicted molar refractivity (Wildman–Crippen MR) is 89.2 cm³/mol. The largest absolute Gasteiger partial charge is 0.298 e. The molecule has 124 valence electrons. The minimum absolute atomic E-state index is 0.197. The maximum Gasteiger partial charge on any atom is 0.269 e. The van der Waals surface area contributed by atoms with E-state index >= 15 is 0 Å². The van der Waals surface area contributed by atoms with Crippen LogP contribution in [0.3, 0.4) is 0 Å². The van der Waals surface area contributed by atoms with Crippen molar-refractivity contribution < 1.29 is 4.92 Å². The first-order chi connectivity index (χ1) is 11.2. The van der Waals surface area contributed by atoms with Gasteiger partial charge in [0.1, 0.15) is 0 Å². The lowest BCUT2D eigenvalue weighted by molar-refractivity contribution is -0.384. The Hall–Kier alpha value is -1.46. The molecule has 23 heavy (non-hydrogen) atoms. The van der Waals surface area contributed by atoms with Gasteiger partial charge >= 0.3 is 0 Å². The third-order valence-corrected chi connectivity index (χ3v) is 6.10. The molecule has 2 bridgehead atoms. The van der Waals surface area contributed by atoms with Crippen molar-refractivity contribution in [3.63, 3.8) is 0 Å². The maximum atomic E-state index is 10.9. The molecule has 0 unspecified atom stereocenters. The van der Waals surface area contributed by atoms with Crippen LogP contribution in [0.25, 0.3) is 0 Å². The number of nitro groups is 1. The van der Waals surface area contributed by atoms with Gasteiger partial charge in [0.2, 0.25) is 0 Å². The van der Waals surface area contributed by atoms with Crippen LogP contribution in [-0.4, -0.2) is 46.9 Å². The van der Waals surface area contributed by atoms with Crippen LogP contribution in [0, 0.1) is 22.0 Å². The molecule has 2 saturated carbocycles. The summed E-state index contributed by atoms with van der Waals surface area (Å²) in [5, 5.41) is 10.9. The maximum absolute atomic E-state index is 10.9. The van der Waals surface area contributed by atoms with Gasteiger partial charge in [-0.15, -0.1) is 0 Å². The summed E-state index contributed by atoms with van der Waals surface area (Å²) in [4.78, 5) is 15.7. The predicted octanol–water partition coefficient (Wildman–Crippen LogP) is 2.90. The summed E-state index contributed by atoms with van der Waals surface area (Å²) >= 11 is 0. The van der Waals surface area contributed by atoms with E-state index in [1.807, 2.05) is 6.07 Å². The van der Waals surface area contributed by atoms with Gasteiger partial charge < -0.3 is 0 Å². The van der Waals surface area contributed by atoms with E-state index in [0.29, 0.717) is 0 Å². The first-order valence-electron chi connectivity index (χ1n) is 8.89. The normalized spacial score (nSPS) is 31.6. The van der Waals surface area contributed by atoms with E-state index in [4.69, 9.17) is 0 Å². The lowest BCUT2D eigenvalue weighted by Gasteiger charge is -2.41. The van der Waals surface area contributed by atoms with Crippen LogP contribution in [0.2, 0.25) is 0 Å². The standard InChI is InChI=1S/C18H25N3O2/c22-21(23)17-3-1-2-15(11-17)13-19-6-8-20(9-7-19)18-12-14-4-5-16(18)10-14/h1-3,11,14,16,18H,4-10,12-13H2/t14-,16+,18+/m0/s1. The average Bonchev–Trinajstić information content (AvgIpc) is 3.19. The molecular formula is C18H25N3O2. The van der Waals surface area contributed by atoms with E-state index < -0.39 is 0 Å². The zero-order valence-electron chi connectivity index (χ0n) is 13.6. The Bertz CT molecular complexity index is 583. The summed E-state index contributed by atoms with van der Waals surface area (Å²) in [6, 6.07) is 7.90. The molecule has 0 aromatic heterocycles. The number of nitrogens with zero attached hydrogens (tertiary/aromatic N) is 3. The number of hydrogen-bond donors (Lipinski definition) is 0. The molecule has 0 N–H and O–H groups in total. The lowest BCUT2D eigenvalue weighted by atomic mass is 9.93. The second kappa shape index (κ2) is 6.21. The van der Waals surface area contributed by atoms with Crippen LogP contribution in [0.15, 0.2) is 24.3 Å². The molecule has 1 heterocycles. The number of fused-ring (bicyclic) bond motifs is 2. The van der Waals surface area contributed by atoms with E-state index in [2.05, 4.69) is 9.80 Å². The summed E-state index contributed by atoms with van der Waals surface area (Å²) < 4.78 is 0. The van der Waals surface area contributed by atoms with Gasteiger partial charge in [0.05, 0.1) is 4.92 Å². The highest BCUT2D eigenvalue weighted by Gasteiger charge is 2.42. The van der Waals surface area contributed by atoms with Gasteiger partial charge in [-0.3, -0.25) is 19.9 Å². The quantitative estimate of drug-likeness (QED) is 0.633. The minimum atomic E-state index is -0.309. The van der Waals surface area contributed by atoms with Gasteiger partial charge in [-0.1, -0.05) is 18.6 Å². The molecule has 2 aliphatic carbocycles. The topological polar surface area (TPSA) is 49.6 Å². The summed E-state index contributed by atoms with van der Waals surface area (Å²) in [5.74, 6) is 1.97. The Morgan fingerprint density at radius 1 is 1.13 bits per heavy atom. The van der Waals surface area contributed by atoms with Gasteiger partial charge in [-0.25, -0.2) is 0 Å². The highest BCUT2D eigenvalue weighted by atomic mass is 16.6. The van der Waals surface area contributed by atoms with Gasteiger partial charge in [-0.2, -0.15) is 0 Å². The SMILES string of the molecule is O=[N+]([O-])c1cccc(CN2CCN([C@@H]3C[C@H]4CC[C@@H]3C4)CC2)c1. The van der Waals surface area contributed by atoms with Crippen LogP contribution in [-0.2, 0) is 6.54 Å². The molecule has 3 aliphatic rings. The van der Waals surface area contributed by atoms with Crippen molar-refractivity contribution >= 4 is 5.69 Å². The molecule has 1 saturated heterocycles. The Balaban J connectivity index is 1.31. The fourth-order valence-corrected chi connectivity index (χ4v) is 4.94. The Kier molecular flexibility index (Phi) is 4.07. The van der Waals surface area contributed by atoms with Crippen molar-refractivity contribution in [1.29, 1.82) is 0 Å². The van der Waals surface area contributed by atoms with Gasteiger partial charge in [-0.05, 0) is 36.7 Å². The van der Waals surface area contributed by atoms with Crippen LogP contribution in [0.4, 0.5) is 5.69 Å². The van der Waals surface area contributed by atoms with Crippen molar-refractivity contribution in [2.24, 2.45) is 11.8 Å². The Labute approximate surface area is 137 Å². The fraction of sp³-hybridized carbons (Fsp3) is 0.667. The van der Waals surface area contributed by atoms with Crippen LogP contribution >= 0.6 is 0 Å². The third-order valence-electron chi connectivity index (χ3n) is 6.10. The average molecular weight is 315 g/mol. The number of rotatable bonds is 4. The smallest absolute Gasteiger partial charge is 0.269 e. The number of piperazine rings is 1. The highest BCUT2D eigenvalue weighted by molar-refractivity contribution is 5.34. The van der Waals surface area contributed by atoms with Gasteiger partial charge in [0, 0.05) is 50.9 Å². The fourth-order valence-electron chi connectivity index (χ4n) is 4.94. The van der Waals surface area contributed by atoms with Crippen molar-refractivity contribution in [2.45, 2.75) is 38.3 Å². The molecule has 4 rings (SSSR count). The van der Waals surface area contributed by atoms with E-state index in [1.165, 1.54) is 25.7 Å². The number of non-ortho nitro benzene ring substituents is 1. The Morgan fingerprint density at radius 3 is 2.61 bits per heavy atom. The van der Waals surface area contributed by atoms with Gasteiger partial charge in [0.25, 0.3) is 5.69 Å². The molecule has 1 aromatic carbocycles. The highest BCUT2D eigenvalue weighted by Crippen LogP contribution is 2.46.